The molecule has 1 N–H and O–H groups in total. The highest BCUT2D eigenvalue weighted by Gasteiger charge is 2.35. The van der Waals surface area contributed by atoms with E-state index in [1.165, 1.54) is 0 Å². The largest absolute Gasteiger partial charge is 0.481 e. The molecule has 0 aromatic carbocycles. The Bertz CT molecular complexity index is 514. The van der Waals surface area contributed by atoms with Gasteiger partial charge in [-0.05, 0) is 33.6 Å². The number of hydrogen-bond acceptors (Lipinski definition) is 3. The maximum atomic E-state index is 12.6. The van der Waals surface area contributed by atoms with Gasteiger partial charge < -0.3 is 14.4 Å². The monoisotopic (exact) mass is 265 g/mol. The number of furan rings is 1. The van der Waals surface area contributed by atoms with Crippen molar-refractivity contribution in [2.45, 2.75) is 46.1 Å². The Morgan fingerprint density at radius 1 is 1.26 bits per heavy atom. The molecule has 0 atom stereocenters. The van der Waals surface area contributed by atoms with Gasteiger partial charge in [-0.3, -0.25) is 9.59 Å². The Labute approximate surface area is 112 Å². The SMILES string of the molecule is Cc1oc(C)c(C(=O)N(CCC(=O)O)C2CC2)c1C. The summed E-state index contributed by atoms with van der Waals surface area (Å²) in [7, 11) is 0. The molecule has 0 bridgehead atoms. The van der Waals surface area contributed by atoms with Crippen molar-refractivity contribution in [1.82, 2.24) is 4.90 Å². The molecule has 1 heterocycles. The van der Waals surface area contributed by atoms with Crippen LogP contribution >= 0.6 is 0 Å². The predicted molar refractivity (Wildman–Crippen MR) is 69.2 cm³/mol. The van der Waals surface area contributed by atoms with Crippen molar-refractivity contribution in [3.8, 4) is 0 Å². The summed E-state index contributed by atoms with van der Waals surface area (Å²) in [4.78, 5) is 24.9. The van der Waals surface area contributed by atoms with Crippen LogP contribution in [0, 0.1) is 20.8 Å². The van der Waals surface area contributed by atoms with Gasteiger partial charge in [-0.25, -0.2) is 0 Å². The van der Waals surface area contributed by atoms with E-state index in [2.05, 4.69) is 0 Å². The number of aryl methyl sites for hydroxylation is 2. The summed E-state index contributed by atoms with van der Waals surface area (Å²) < 4.78 is 5.48. The summed E-state index contributed by atoms with van der Waals surface area (Å²) in [5.41, 5.74) is 1.44. The van der Waals surface area contributed by atoms with Gasteiger partial charge in [-0.15, -0.1) is 0 Å². The summed E-state index contributed by atoms with van der Waals surface area (Å²) in [5, 5.41) is 8.77. The topological polar surface area (TPSA) is 70.8 Å². The van der Waals surface area contributed by atoms with Gasteiger partial charge in [-0.1, -0.05) is 0 Å². The molecule has 1 aliphatic carbocycles. The zero-order valence-electron chi connectivity index (χ0n) is 11.5. The molecule has 1 saturated carbocycles. The molecule has 1 amide bonds. The molecule has 1 aromatic rings. The van der Waals surface area contributed by atoms with Crippen LogP contribution in [0.2, 0.25) is 0 Å². The van der Waals surface area contributed by atoms with Crippen molar-refractivity contribution in [2.24, 2.45) is 0 Å². The fourth-order valence-corrected chi connectivity index (χ4v) is 2.30. The molecule has 1 fully saturated rings. The average molecular weight is 265 g/mol. The molecule has 0 aliphatic heterocycles. The molecule has 0 spiro atoms. The van der Waals surface area contributed by atoms with E-state index in [1.54, 1.807) is 11.8 Å². The van der Waals surface area contributed by atoms with Crippen LogP contribution in [0.3, 0.4) is 0 Å². The summed E-state index contributed by atoms with van der Waals surface area (Å²) >= 11 is 0. The van der Waals surface area contributed by atoms with Gasteiger partial charge in [-0.2, -0.15) is 0 Å². The normalized spacial score (nSPS) is 14.5. The Hall–Kier alpha value is -1.78. The number of nitrogens with zero attached hydrogens (tertiary/aromatic N) is 1. The van der Waals surface area contributed by atoms with Crippen LogP contribution in [0.25, 0.3) is 0 Å². The molecule has 19 heavy (non-hydrogen) atoms. The van der Waals surface area contributed by atoms with E-state index < -0.39 is 5.97 Å². The lowest BCUT2D eigenvalue weighted by Crippen LogP contribution is -2.35. The first-order valence-electron chi connectivity index (χ1n) is 6.51. The Balaban J connectivity index is 2.21. The maximum absolute atomic E-state index is 12.6. The quantitative estimate of drug-likeness (QED) is 0.886. The van der Waals surface area contributed by atoms with Crippen LogP contribution in [0.5, 0.6) is 0 Å². The molecular formula is C14H19NO4. The van der Waals surface area contributed by atoms with Crippen LogP contribution in [-0.2, 0) is 4.79 Å². The first-order valence-corrected chi connectivity index (χ1v) is 6.51. The van der Waals surface area contributed by atoms with Crippen molar-refractivity contribution in [2.75, 3.05) is 6.54 Å². The lowest BCUT2D eigenvalue weighted by molar-refractivity contribution is -0.137. The lowest BCUT2D eigenvalue weighted by atomic mass is 10.1. The smallest absolute Gasteiger partial charge is 0.305 e. The van der Waals surface area contributed by atoms with E-state index in [9.17, 15) is 9.59 Å². The van der Waals surface area contributed by atoms with Crippen molar-refractivity contribution < 1.29 is 19.1 Å². The third-order valence-electron chi connectivity index (χ3n) is 3.59. The second kappa shape index (κ2) is 5.07. The molecular weight excluding hydrogens is 246 g/mol. The fourth-order valence-electron chi connectivity index (χ4n) is 2.30. The summed E-state index contributed by atoms with van der Waals surface area (Å²) in [5.74, 6) is 0.377. The second-order valence-corrected chi connectivity index (χ2v) is 5.09. The minimum Gasteiger partial charge on any atom is -0.481 e. The van der Waals surface area contributed by atoms with E-state index in [-0.39, 0.29) is 24.9 Å². The third-order valence-corrected chi connectivity index (χ3v) is 3.59. The highest BCUT2D eigenvalue weighted by molar-refractivity contribution is 5.97. The van der Waals surface area contributed by atoms with Crippen molar-refractivity contribution in [1.29, 1.82) is 0 Å². The van der Waals surface area contributed by atoms with E-state index >= 15 is 0 Å². The van der Waals surface area contributed by atoms with Crippen molar-refractivity contribution >= 4 is 11.9 Å². The Kier molecular flexibility index (Phi) is 3.64. The summed E-state index contributed by atoms with van der Waals surface area (Å²) in [6.45, 7) is 5.73. The van der Waals surface area contributed by atoms with Crippen molar-refractivity contribution in [3.63, 3.8) is 0 Å². The minimum atomic E-state index is -0.879. The maximum Gasteiger partial charge on any atom is 0.305 e. The van der Waals surface area contributed by atoms with Gasteiger partial charge in [0.2, 0.25) is 0 Å². The number of carbonyl (C=O) groups is 2. The predicted octanol–water partition coefficient (Wildman–Crippen LogP) is 2.28. The lowest BCUT2D eigenvalue weighted by Gasteiger charge is -2.21. The molecule has 104 valence electrons. The fraction of sp³-hybridized carbons (Fsp3) is 0.571. The standard InChI is InChI=1S/C14H19NO4/c1-8-9(2)19-10(3)13(8)14(18)15(11-4-5-11)7-6-12(16)17/h11H,4-7H2,1-3H3,(H,16,17). The van der Waals surface area contributed by atoms with Crippen LogP contribution in [0.4, 0.5) is 0 Å². The van der Waals surface area contributed by atoms with E-state index in [0.29, 0.717) is 11.3 Å². The summed E-state index contributed by atoms with van der Waals surface area (Å²) in [6.07, 6.45) is 1.90. The van der Waals surface area contributed by atoms with Gasteiger partial charge in [0.25, 0.3) is 5.91 Å². The van der Waals surface area contributed by atoms with Gasteiger partial charge >= 0.3 is 5.97 Å². The number of hydrogen-bond donors (Lipinski definition) is 1. The molecule has 0 radical (unpaired) electrons. The minimum absolute atomic E-state index is 0.0167. The van der Waals surface area contributed by atoms with Crippen LogP contribution in [0.15, 0.2) is 4.42 Å². The number of carboxylic acids is 1. The van der Waals surface area contributed by atoms with Gasteiger partial charge in [0.1, 0.15) is 11.5 Å². The van der Waals surface area contributed by atoms with Gasteiger partial charge in [0.05, 0.1) is 12.0 Å². The molecule has 5 heteroatoms. The molecule has 0 unspecified atom stereocenters. The van der Waals surface area contributed by atoms with Crippen molar-refractivity contribution in [3.05, 3.63) is 22.6 Å². The highest BCUT2D eigenvalue weighted by atomic mass is 16.4. The van der Waals surface area contributed by atoms with Gasteiger partial charge in [0, 0.05) is 18.2 Å². The highest BCUT2D eigenvalue weighted by Crippen LogP contribution is 2.31. The third kappa shape index (κ3) is 2.80. The Morgan fingerprint density at radius 3 is 2.32 bits per heavy atom. The number of carbonyl (C=O) groups excluding carboxylic acids is 1. The number of carboxylic acid groups (broad SMARTS) is 1. The van der Waals surface area contributed by atoms with E-state index in [1.807, 2.05) is 13.8 Å². The first kappa shape index (κ1) is 13.6. The zero-order chi connectivity index (χ0) is 14.2. The van der Waals surface area contributed by atoms with Gasteiger partial charge in [0.15, 0.2) is 0 Å². The Morgan fingerprint density at radius 2 is 1.89 bits per heavy atom. The average Bonchev–Trinajstić information content (AvgIpc) is 3.09. The molecule has 1 aromatic heterocycles. The molecule has 5 nitrogen and oxygen atoms in total. The number of rotatable bonds is 5. The van der Waals surface area contributed by atoms with E-state index in [4.69, 9.17) is 9.52 Å². The molecule has 0 saturated heterocycles. The second-order valence-electron chi connectivity index (χ2n) is 5.09. The summed E-state index contributed by atoms with van der Waals surface area (Å²) in [6, 6.07) is 0.195. The zero-order valence-corrected chi connectivity index (χ0v) is 11.5. The first-order chi connectivity index (χ1) is 8.91. The van der Waals surface area contributed by atoms with E-state index in [0.717, 1.165) is 24.2 Å². The van der Waals surface area contributed by atoms with Crippen LogP contribution < -0.4 is 0 Å². The van der Waals surface area contributed by atoms with Crippen LogP contribution in [0.1, 0.15) is 46.7 Å². The number of amides is 1. The number of aliphatic carboxylic acids is 1. The molecule has 2 rings (SSSR count). The van der Waals surface area contributed by atoms with Crippen LogP contribution in [-0.4, -0.2) is 34.5 Å². The molecule has 1 aliphatic rings.